The molecule has 1 aliphatic rings. The van der Waals surface area contributed by atoms with Crippen molar-refractivity contribution in [2.75, 3.05) is 19.8 Å². The van der Waals surface area contributed by atoms with Crippen LogP contribution >= 0.6 is 0 Å². The lowest BCUT2D eigenvalue weighted by Crippen LogP contribution is -2.28. The van der Waals surface area contributed by atoms with Crippen LogP contribution in [0.25, 0.3) is 0 Å². The number of aryl methyl sites for hydroxylation is 1. The molecule has 3 rings (SSSR count). The van der Waals surface area contributed by atoms with Gasteiger partial charge in [-0.1, -0.05) is 19.4 Å². The lowest BCUT2D eigenvalue weighted by molar-refractivity contribution is 0.0644. The molecule has 170 valence electrons. The largest absolute Gasteiger partial charge is 0.381 e. The van der Waals surface area contributed by atoms with Gasteiger partial charge in [-0.15, -0.1) is 0 Å². The second-order valence-electron chi connectivity index (χ2n) is 7.72. The van der Waals surface area contributed by atoms with Crippen LogP contribution in [0.2, 0.25) is 0 Å². The summed E-state index contributed by atoms with van der Waals surface area (Å²) in [6, 6.07) is 8.63. The highest BCUT2D eigenvalue weighted by atomic mass is 32.2. The van der Waals surface area contributed by atoms with Crippen LogP contribution in [0, 0.1) is 11.7 Å². The van der Waals surface area contributed by atoms with E-state index >= 15 is 0 Å². The highest BCUT2D eigenvalue weighted by Crippen LogP contribution is 2.27. The smallest absolute Gasteiger partial charge is 0.240 e. The van der Waals surface area contributed by atoms with Gasteiger partial charge in [0, 0.05) is 19.8 Å². The number of nitrogens with one attached hydrogen (secondary N) is 1. The maximum atomic E-state index is 13.2. The zero-order valence-corrected chi connectivity index (χ0v) is 19.1. The minimum Gasteiger partial charge on any atom is -0.381 e. The number of ether oxygens (including phenoxy) is 1. The van der Waals surface area contributed by atoms with Crippen molar-refractivity contribution in [2.24, 2.45) is 5.92 Å². The van der Waals surface area contributed by atoms with E-state index in [0.717, 1.165) is 25.0 Å². The van der Waals surface area contributed by atoms with Crippen LogP contribution in [0.1, 0.15) is 38.2 Å². The molecule has 0 bridgehead atoms. The van der Waals surface area contributed by atoms with Crippen molar-refractivity contribution in [3.63, 3.8) is 0 Å². The minimum absolute atomic E-state index is 0.0236. The first-order chi connectivity index (χ1) is 14.7. The molecule has 2 aromatic rings. The van der Waals surface area contributed by atoms with E-state index in [-0.39, 0.29) is 21.2 Å². The average molecular weight is 470 g/mol. The number of benzene rings is 2. The number of hydrogen-bond acceptors (Lipinski definition) is 5. The summed E-state index contributed by atoms with van der Waals surface area (Å²) in [5.41, 5.74) is 0.569. The first-order valence-corrected chi connectivity index (χ1v) is 13.4. The van der Waals surface area contributed by atoms with Crippen molar-refractivity contribution in [2.45, 2.75) is 53.7 Å². The van der Waals surface area contributed by atoms with Crippen molar-refractivity contribution in [3.05, 3.63) is 53.8 Å². The summed E-state index contributed by atoms with van der Waals surface area (Å²) in [5.74, 6) is -0.133. The molecular weight excluding hydrogens is 441 g/mol. The average Bonchev–Trinajstić information content (AvgIpc) is 2.75. The highest BCUT2D eigenvalue weighted by molar-refractivity contribution is 7.91. The number of rotatable bonds is 9. The van der Waals surface area contributed by atoms with Crippen LogP contribution in [0.4, 0.5) is 4.39 Å². The number of halogens is 1. The van der Waals surface area contributed by atoms with Crippen LogP contribution < -0.4 is 4.72 Å². The standard InChI is InChI=1S/C22H28FNO5S2/c1-2-3-18-4-7-21(30(25,26)20-8-5-19(23)6-9-20)16-22(18)31(27,28)24-13-10-17-11-14-29-15-12-17/h4-9,16-17,24H,2-3,10-15H2,1H3. The first kappa shape index (κ1) is 23.8. The fraction of sp³-hybridized carbons (Fsp3) is 0.455. The highest BCUT2D eigenvalue weighted by Gasteiger charge is 2.24. The Morgan fingerprint density at radius 1 is 1.00 bits per heavy atom. The molecule has 1 aliphatic heterocycles. The van der Waals surface area contributed by atoms with Crippen molar-refractivity contribution in [1.29, 1.82) is 0 Å². The molecule has 1 saturated heterocycles. The van der Waals surface area contributed by atoms with E-state index in [2.05, 4.69) is 4.72 Å². The second kappa shape index (κ2) is 10.2. The number of sulfonamides is 1. The van der Waals surface area contributed by atoms with Gasteiger partial charge >= 0.3 is 0 Å². The van der Waals surface area contributed by atoms with Crippen LogP contribution in [0.15, 0.2) is 57.2 Å². The maximum Gasteiger partial charge on any atom is 0.240 e. The monoisotopic (exact) mass is 469 g/mol. The van der Waals surface area contributed by atoms with Crippen molar-refractivity contribution in [3.8, 4) is 0 Å². The Bertz CT molecular complexity index is 1090. The molecule has 6 nitrogen and oxygen atoms in total. The second-order valence-corrected chi connectivity index (χ2v) is 11.4. The fourth-order valence-corrected chi connectivity index (χ4v) is 6.39. The molecule has 1 N–H and O–H groups in total. The molecule has 1 fully saturated rings. The zero-order chi connectivity index (χ0) is 22.5. The van der Waals surface area contributed by atoms with Gasteiger partial charge in [0.05, 0.1) is 14.7 Å². The normalized spacial score (nSPS) is 15.8. The van der Waals surface area contributed by atoms with Gasteiger partial charge in [-0.05, 0) is 73.6 Å². The van der Waals surface area contributed by atoms with Crippen molar-refractivity contribution in [1.82, 2.24) is 4.72 Å². The van der Waals surface area contributed by atoms with Gasteiger partial charge < -0.3 is 4.74 Å². The molecule has 2 aromatic carbocycles. The summed E-state index contributed by atoms with van der Waals surface area (Å²) >= 11 is 0. The molecule has 1 heterocycles. The molecule has 0 aliphatic carbocycles. The lowest BCUT2D eigenvalue weighted by atomic mass is 9.97. The first-order valence-electron chi connectivity index (χ1n) is 10.4. The third-order valence-electron chi connectivity index (χ3n) is 5.47. The molecule has 0 spiro atoms. The van der Waals surface area contributed by atoms with Crippen LogP contribution in [-0.4, -0.2) is 36.6 Å². The van der Waals surface area contributed by atoms with Crippen LogP contribution in [0.3, 0.4) is 0 Å². The van der Waals surface area contributed by atoms with Gasteiger partial charge in [-0.3, -0.25) is 0 Å². The molecule has 31 heavy (non-hydrogen) atoms. The molecule has 0 aromatic heterocycles. The minimum atomic E-state index is -3.98. The molecule has 0 atom stereocenters. The van der Waals surface area contributed by atoms with Gasteiger partial charge in [0.15, 0.2) is 0 Å². The predicted octanol–water partition coefficient (Wildman–Crippen LogP) is 3.71. The molecule has 0 radical (unpaired) electrons. The summed E-state index contributed by atoms with van der Waals surface area (Å²) in [6.45, 7) is 3.61. The topological polar surface area (TPSA) is 89.5 Å². The van der Waals surface area contributed by atoms with Gasteiger partial charge in [-0.2, -0.15) is 0 Å². The quantitative estimate of drug-likeness (QED) is 0.566. The third-order valence-corrected chi connectivity index (χ3v) is 8.78. The van der Waals surface area contributed by atoms with Gasteiger partial charge in [-0.25, -0.2) is 25.9 Å². The molecule has 0 saturated carbocycles. The van der Waals surface area contributed by atoms with E-state index in [4.69, 9.17) is 4.74 Å². The van der Waals surface area contributed by atoms with Gasteiger partial charge in [0.25, 0.3) is 0 Å². The summed E-state index contributed by atoms with van der Waals surface area (Å²) in [5, 5.41) is 0. The molecular formula is C22H28FNO5S2. The lowest BCUT2D eigenvalue weighted by Gasteiger charge is -2.22. The summed E-state index contributed by atoms with van der Waals surface area (Å²) in [7, 11) is -7.87. The van der Waals surface area contributed by atoms with Gasteiger partial charge in [0.2, 0.25) is 19.9 Å². The Kier molecular flexibility index (Phi) is 7.85. The predicted molar refractivity (Wildman–Crippen MR) is 116 cm³/mol. The van der Waals surface area contributed by atoms with Crippen LogP contribution in [0.5, 0.6) is 0 Å². The summed E-state index contributed by atoms with van der Waals surface area (Å²) in [4.78, 5) is -0.249. The Morgan fingerprint density at radius 3 is 2.29 bits per heavy atom. The number of hydrogen-bond donors (Lipinski definition) is 1. The molecule has 9 heteroatoms. The molecule has 0 amide bonds. The van der Waals surface area contributed by atoms with Crippen LogP contribution in [-0.2, 0) is 31.0 Å². The summed E-state index contributed by atoms with van der Waals surface area (Å²) < 4.78 is 73.2. The zero-order valence-electron chi connectivity index (χ0n) is 17.5. The molecule has 0 unspecified atom stereocenters. The van der Waals surface area contributed by atoms with E-state index in [0.29, 0.717) is 44.0 Å². The third kappa shape index (κ3) is 5.91. The fourth-order valence-electron chi connectivity index (χ4n) is 3.69. The van der Waals surface area contributed by atoms with E-state index in [9.17, 15) is 21.2 Å². The van der Waals surface area contributed by atoms with Gasteiger partial charge in [0.1, 0.15) is 5.82 Å². The Hall–Kier alpha value is -1.81. The van der Waals surface area contributed by atoms with E-state index in [1.54, 1.807) is 6.07 Å². The summed E-state index contributed by atoms with van der Waals surface area (Å²) in [6.07, 6.45) is 3.75. The van der Waals surface area contributed by atoms with E-state index < -0.39 is 25.7 Å². The van der Waals surface area contributed by atoms with E-state index in [1.165, 1.54) is 24.3 Å². The Morgan fingerprint density at radius 2 is 1.65 bits per heavy atom. The van der Waals surface area contributed by atoms with Crippen molar-refractivity contribution >= 4 is 19.9 Å². The number of sulfone groups is 1. The Labute approximate surface area is 183 Å². The maximum absolute atomic E-state index is 13.2. The van der Waals surface area contributed by atoms with Crippen molar-refractivity contribution < 1.29 is 26.0 Å². The SMILES string of the molecule is CCCc1ccc(S(=O)(=O)c2ccc(F)cc2)cc1S(=O)(=O)NCCC1CCOCC1. The van der Waals surface area contributed by atoms with E-state index in [1.807, 2.05) is 6.92 Å². The Balaban J connectivity index is 1.87.